The van der Waals surface area contributed by atoms with E-state index in [1.165, 1.54) is 18.5 Å². The van der Waals surface area contributed by atoms with E-state index in [1.54, 1.807) is 12.1 Å². The smallest absolute Gasteiger partial charge is 0.305 e. The summed E-state index contributed by atoms with van der Waals surface area (Å²) in [5, 5.41) is 24.4. The highest BCUT2D eigenvalue weighted by molar-refractivity contribution is 5.98. The Labute approximate surface area is 160 Å². The number of aliphatic imine (C=N–C) groups is 1. The summed E-state index contributed by atoms with van der Waals surface area (Å²) in [6.07, 6.45) is 0.584. The van der Waals surface area contributed by atoms with Gasteiger partial charge in [-0.2, -0.15) is 0 Å². The van der Waals surface area contributed by atoms with Crippen LogP contribution in [-0.2, 0) is 14.4 Å². The van der Waals surface area contributed by atoms with E-state index in [2.05, 4.69) is 26.4 Å². The summed E-state index contributed by atoms with van der Waals surface area (Å²) in [4.78, 5) is 50.7. The normalized spacial score (nSPS) is 11.5. The number of benzene rings is 1. The van der Waals surface area contributed by atoms with Crippen molar-refractivity contribution in [2.75, 3.05) is 19.7 Å². The van der Waals surface area contributed by atoms with Crippen LogP contribution in [0.15, 0.2) is 29.3 Å². The number of amides is 3. The molecule has 0 aliphatic carbocycles. The molecule has 8 N–H and O–H groups in total. The molecular formula is C16H22N6O6. The molecule has 12 nitrogen and oxygen atoms in total. The fourth-order valence-corrected chi connectivity index (χ4v) is 2.03. The van der Waals surface area contributed by atoms with Crippen LogP contribution in [0, 0.1) is 0 Å². The van der Waals surface area contributed by atoms with Crippen LogP contribution in [-0.4, -0.2) is 66.0 Å². The van der Waals surface area contributed by atoms with Crippen LogP contribution in [0.3, 0.4) is 0 Å². The monoisotopic (exact) mass is 394 g/mol. The van der Waals surface area contributed by atoms with E-state index < -0.39 is 42.7 Å². The highest BCUT2D eigenvalue weighted by atomic mass is 16.4. The second-order valence-electron chi connectivity index (χ2n) is 5.39. The molecule has 0 saturated heterocycles. The number of nitrogens with two attached hydrogens (primary N) is 1. The number of hydrazine groups is 1. The minimum atomic E-state index is -1.34. The first-order valence-corrected chi connectivity index (χ1v) is 8.14. The van der Waals surface area contributed by atoms with Crippen LogP contribution in [0.5, 0.6) is 0 Å². The Balaban J connectivity index is 2.63. The number of aliphatic hydroxyl groups excluding tert-OH is 1. The van der Waals surface area contributed by atoms with Crippen molar-refractivity contribution in [3.05, 3.63) is 29.8 Å². The molecule has 0 spiro atoms. The van der Waals surface area contributed by atoms with Crippen molar-refractivity contribution in [2.24, 2.45) is 10.8 Å². The van der Waals surface area contributed by atoms with Crippen molar-refractivity contribution < 1.29 is 29.4 Å². The van der Waals surface area contributed by atoms with Gasteiger partial charge < -0.3 is 31.6 Å². The molecule has 0 aliphatic rings. The highest BCUT2D eigenvalue weighted by Gasteiger charge is 2.23. The zero-order chi connectivity index (χ0) is 20.9. The lowest BCUT2D eigenvalue weighted by molar-refractivity contribution is -0.140. The third-order valence-corrected chi connectivity index (χ3v) is 3.25. The summed E-state index contributed by atoms with van der Waals surface area (Å²) in [5.41, 5.74) is 2.92. The summed E-state index contributed by atoms with van der Waals surface area (Å²) >= 11 is 0. The molecule has 1 rings (SSSR count). The Morgan fingerprint density at radius 3 is 2.61 bits per heavy atom. The Morgan fingerprint density at radius 2 is 1.96 bits per heavy atom. The number of carboxylic acid groups (broad SMARTS) is 1. The maximum absolute atomic E-state index is 12.1. The molecule has 1 aromatic rings. The van der Waals surface area contributed by atoms with Gasteiger partial charge >= 0.3 is 5.97 Å². The van der Waals surface area contributed by atoms with Crippen LogP contribution in [0.4, 0.5) is 5.69 Å². The second-order valence-corrected chi connectivity index (χ2v) is 5.39. The molecule has 0 heterocycles. The molecule has 152 valence electrons. The fraction of sp³-hybridized carbons (Fsp3) is 0.312. The lowest BCUT2D eigenvalue weighted by atomic mass is 10.2. The van der Waals surface area contributed by atoms with Crippen molar-refractivity contribution in [3.8, 4) is 0 Å². The second kappa shape index (κ2) is 12.0. The lowest BCUT2D eigenvalue weighted by Gasteiger charge is -2.16. The molecule has 12 heteroatoms. The van der Waals surface area contributed by atoms with Gasteiger partial charge in [0, 0.05) is 12.1 Å². The number of aliphatic carboxylic acids is 1. The number of carbonyl (C=O) groups is 4. The molecule has 0 aliphatic heterocycles. The van der Waals surface area contributed by atoms with Crippen molar-refractivity contribution in [3.63, 3.8) is 0 Å². The number of carboxylic acids is 1. The maximum Gasteiger partial charge on any atom is 0.305 e. The van der Waals surface area contributed by atoms with Gasteiger partial charge in [-0.3, -0.25) is 19.2 Å². The number of carbonyl (C=O) groups excluding carboxylic acids is 3. The highest BCUT2D eigenvalue weighted by Crippen LogP contribution is 2.13. The Hall–Kier alpha value is -3.51. The van der Waals surface area contributed by atoms with Crippen molar-refractivity contribution in [1.29, 1.82) is 0 Å². The van der Waals surface area contributed by atoms with Crippen molar-refractivity contribution in [2.45, 2.75) is 12.5 Å². The van der Waals surface area contributed by atoms with Gasteiger partial charge in [0.25, 0.3) is 5.91 Å². The van der Waals surface area contributed by atoms with E-state index in [-0.39, 0.29) is 18.7 Å². The maximum atomic E-state index is 12.1. The minimum Gasteiger partial charge on any atom is -0.481 e. The summed E-state index contributed by atoms with van der Waals surface area (Å²) < 4.78 is 0. The zero-order valence-corrected chi connectivity index (χ0v) is 14.8. The molecule has 28 heavy (non-hydrogen) atoms. The average molecular weight is 394 g/mol. The van der Waals surface area contributed by atoms with Crippen LogP contribution in [0.2, 0.25) is 0 Å². The number of nitrogens with one attached hydrogen (secondary N) is 4. The topological polar surface area (TPSA) is 195 Å². The van der Waals surface area contributed by atoms with Gasteiger partial charge in [0.05, 0.1) is 25.3 Å². The molecular weight excluding hydrogens is 372 g/mol. The van der Waals surface area contributed by atoms with Crippen LogP contribution in [0.25, 0.3) is 0 Å². The molecule has 0 aromatic heterocycles. The van der Waals surface area contributed by atoms with E-state index in [0.717, 1.165) is 0 Å². The largest absolute Gasteiger partial charge is 0.481 e. The first-order valence-electron chi connectivity index (χ1n) is 8.14. The number of hydrogen-bond acceptors (Lipinski definition) is 7. The van der Waals surface area contributed by atoms with Gasteiger partial charge in [-0.05, 0) is 18.2 Å². The Morgan fingerprint density at radius 1 is 1.21 bits per heavy atom. The number of nitrogens with zero attached hydrogens (tertiary/aromatic N) is 1. The van der Waals surface area contributed by atoms with Gasteiger partial charge in [0.2, 0.25) is 11.8 Å². The third-order valence-electron chi connectivity index (χ3n) is 3.25. The predicted molar refractivity (Wildman–Crippen MR) is 98.5 cm³/mol. The molecule has 0 bridgehead atoms. The zero-order valence-electron chi connectivity index (χ0n) is 14.8. The van der Waals surface area contributed by atoms with E-state index in [4.69, 9.17) is 16.1 Å². The van der Waals surface area contributed by atoms with Gasteiger partial charge in [-0.15, -0.1) is 0 Å². The summed E-state index contributed by atoms with van der Waals surface area (Å²) in [7, 11) is 0. The molecule has 1 atom stereocenters. The first-order chi connectivity index (χ1) is 13.4. The molecule has 3 amide bonds. The Kier molecular flexibility index (Phi) is 9.64. The lowest BCUT2D eigenvalue weighted by Crippen LogP contribution is -2.50. The van der Waals surface area contributed by atoms with Gasteiger partial charge in [-0.25, -0.2) is 10.8 Å². The molecule has 1 aromatic carbocycles. The van der Waals surface area contributed by atoms with Crippen molar-refractivity contribution >= 4 is 35.7 Å². The van der Waals surface area contributed by atoms with Gasteiger partial charge in [0.15, 0.2) is 0 Å². The first kappa shape index (κ1) is 22.5. The van der Waals surface area contributed by atoms with Gasteiger partial charge in [0.1, 0.15) is 12.4 Å². The van der Waals surface area contributed by atoms with E-state index >= 15 is 0 Å². The SMILES string of the molecule is NNC=Nc1cccc(C(=O)NCC(=O)NC(CC(=O)O)C(=O)NCCO)c1. The van der Waals surface area contributed by atoms with Crippen LogP contribution < -0.4 is 27.2 Å². The predicted octanol–water partition coefficient (Wildman–Crippen LogP) is -2.39. The summed E-state index contributed by atoms with van der Waals surface area (Å²) in [6.45, 7) is -0.889. The molecule has 0 radical (unpaired) electrons. The summed E-state index contributed by atoms with van der Waals surface area (Å²) in [6, 6.07) is 4.87. The average Bonchev–Trinajstić information content (AvgIpc) is 2.67. The molecule has 0 saturated carbocycles. The minimum absolute atomic E-state index is 0.0833. The number of aliphatic hydroxyl groups is 1. The van der Waals surface area contributed by atoms with Crippen LogP contribution in [0.1, 0.15) is 16.8 Å². The van der Waals surface area contributed by atoms with E-state index in [9.17, 15) is 19.2 Å². The summed E-state index contributed by atoms with van der Waals surface area (Å²) in [5.74, 6) is 1.71. The number of rotatable bonds is 11. The van der Waals surface area contributed by atoms with E-state index in [1.807, 2.05) is 0 Å². The van der Waals surface area contributed by atoms with Crippen LogP contribution >= 0.6 is 0 Å². The Bertz CT molecular complexity index is 738. The van der Waals surface area contributed by atoms with Crippen molar-refractivity contribution in [1.82, 2.24) is 21.4 Å². The standard InChI is InChI=1S/C16H22N6O6/c17-21-9-20-11-3-1-2-10(6-11)15(27)19-8-13(24)22-12(7-14(25)26)16(28)18-4-5-23/h1-3,6,9,12,23H,4-5,7-8,17H2,(H,18,28)(H,19,27)(H,20,21)(H,22,24)(H,25,26). The van der Waals surface area contributed by atoms with Gasteiger partial charge in [-0.1, -0.05) is 6.07 Å². The quantitative estimate of drug-likeness (QED) is 0.0933. The number of hydrogen-bond donors (Lipinski definition) is 7. The fourth-order valence-electron chi connectivity index (χ4n) is 2.03. The molecule has 0 fully saturated rings. The van der Waals surface area contributed by atoms with E-state index in [0.29, 0.717) is 5.69 Å². The molecule has 1 unspecified atom stereocenters. The third kappa shape index (κ3) is 8.25.